The van der Waals surface area contributed by atoms with Gasteiger partial charge in [-0.25, -0.2) is 4.79 Å². The molecule has 6 N–H and O–H groups in total. The molecule has 39 heavy (non-hydrogen) atoms. The van der Waals surface area contributed by atoms with Crippen LogP contribution in [0.4, 0.5) is 10.5 Å². The van der Waals surface area contributed by atoms with Crippen molar-refractivity contribution in [1.29, 1.82) is 0 Å². The Morgan fingerprint density at radius 3 is 2.21 bits per heavy atom. The van der Waals surface area contributed by atoms with Crippen LogP contribution in [0.15, 0.2) is 36.4 Å². The average Bonchev–Trinajstić information content (AvgIpc) is 3.21. The average molecular weight is 542 g/mol. The van der Waals surface area contributed by atoms with Crippen LogP contribution < -0.4 is 27.0 Å². The molecule has 0 saturated heterocycles. The summed E-state index contributed by atoms with van der Waals surface area (Å²) >= 11 is 0. The van der Waals surface area contributed by atoms with Crippen molar-refractivity contribution in [3.05, 3.63) is 42.5 Å². The fourth-order valence-corrected chi connectivity index (χ4v) is 3.91. The molecule has 0 spiro atoms. The van der Waals surface area contributed by atoms with Gasteiger partial charge in [0, 0.05) is 37.3 Å². The quantitative estimate of drug-likeness (QED) is 0.154. The fraction of sp³-hybridized carbons (Fsp3) is 0.481. The van der Waals surface area contributed by atoms with Crippen molar-refractivity contribution in [2.45, 2.75) is 64.5 Å². The minimum atomic E-state index is -0.917. The normalized spacial score (nSPS) is 14.2. The smallest absolute Gasteiger partial charge is 0.312 e. The number of primary amides is 1. The molecule has 1 aromatic rings. The Hall–Kier alpha value is -4.22. The lowest BCUT2D eigenvalue weighted by molar-refractivity contribution is -0.137. The molecular weight excluding hydrogens is 504 g/mol. The molecule has 0 saturated carbocycles. The van der Waals surface area contributed by atoms with Gasteiger partial charge < -0.3 is 27.0 Å². The molecule has 0 unspecified atom stereocenters. The van der Waals surface area contributed by atoms with Crippen molar-refractivity contribution >= 4 is 41.3 Å². The van der Waals surface area contributed by atoms with Crippen LogP contribution in [0.1, 0.15) is 52.4 Å². The van der Waals surface area contributed by atoms with E-state index in [4.69, 9.17) is 5.73 Å². The molecule has 1 aliphatic rings. The van der Waals surface area contributed by atoms with Crippen molar-refractivity contribution in [3.63, 3.8) is 0 Å². The van der Waals surface area contributed by atoms with Gasteiger partial charge in [0.15, 0.2) is 0 Å². The molecule has 2 rings (SSSR count). The van der Waals surface area contributed by atoms with Crippen LogP contribution >= 0.6 is 0 Å². The first kappa shape index (κ1) is 31.0. The third-order valence-electron chi connectivity index (χ3n) is 6.04. The van der Waals surface area contributed by atoms with Crippen molar-refractivity contribution in [2.24, 2.45) is 11.7 Å². The molecule has 1 aliphatic heterocycles. The van der Waals surface area contributed by atoms with E-state index in [-0.39, 0.29) is 43.0 Å². The predicted octanol–water partition coefficient (Wildman–Crippen LogP) is 0.985. The predicted molar refractivity (Wildman–Crippen MR) is 144 cm³/mol. The number of hydrogen-bond donors (Lipinski definition) is 5. The van der Waals surface area contributed by atoms with Gasteiger partial charge in [-0.3, -0.25) is 28.9 Å². The summed E-state index contributed by atoms with van der Waals surface area (Å²) in [6.45, 7) is 4.10. The van der Waals surface area contributed by atoms with Gasteiger partial charge in [0.05, 0.1) is 0 Å². The van der Waals surface area contributed by atoms with E-state index in [0.29, 0.717) is 37.9 Å². The second kappa shape index (κ2) is 15.9. The third kappa shape index (κ3) is 11.0. The number of hydrogen-bond acceptors (Lipinski definition) is 6. The lowest BCUT2D eigenvalue weighted by Gasteiger charge is -2.25. The summed E-state index contributed by atoms with van der Waals surface area (Å²) in [5, 5.41) is 10.7. The summed E-state index contributed by atoms with van der Waals surface area (Å²) in [6, 6.07) is 7.02. The topological polar surface area (TPSA) is 180 Å². The van der Waals surface area contributed by atoms with Gasteiger partial charge in [0.1, 0.15) is 12.1 Å². The minimum Gasteiger partial charge on any atom is -0.352 e. The molecule has 0 bridgehead atoms. The van der Waals surface area contributed by atoms with E-state index in [9.17, 15) is 28.8 Å². The van der Waals surface area contributed by atoms with E-state index in [1.165, 1.54) is 12.2 Å². The van der Waals surface area contributed by atoms with E-state index in [0.717, 1.165) is 4.90 Å². The van der Waals surface area contributed by atoms with E-state index in [2.05, 4.69) is 27.3 Å². The molecule has 0 aliphatic carbocycles. The molecular formula is C27H37N6O6. The number of amides is 7. The second-order valence-corrected chi connectivity index (χ2v) is 9.53. The Kier molecular flexibility index (Phi) is 12.6. The van der Waals surface area contributed by atoms with E-state index in [1.807, 2.05) is 0 Å². The number of nitrogens with one attached hydrogen (secondary N) is 4. The van der Waals surface area contributed by atoms with Gasteiger partial charge in [0.2, 0.25) is 17.7 Å². The largest absolute Gasteiger partial charge is 0.352 e. The monoisotopic (exact) mass is 541 g/mol. The van der Waals surface area contributed by atoms with Crippen LogP contribution in [0, 0.1) is 12.0 Å². The Morgan fingerprint density at radius 1 is 0.923 bits per heavy atom. The molecule has 2 atom stereocenters. The van der Waals surface area contributed by atoms with Crippen molar-refractivity contribution in [2.75, 3.05) is 18.4 Å². The Morgan fingerprint density at radius 2 is 1.59 bits per heavy atom. The van der Waals surface area contributed by atoms with E-state index >= 15 is 0 Å². The number of benzene rings is 1. The van der Waals surface area contributed by atoms with Crippen molar-refractivity contribution < 1.29 is 28.8 Å². The van der Waals surface area contributed by atoms with Gasteiger partial charge in [-0.1, -0.05) is 32.4 Å². The highest BCUT2D eigenvalue weighted by molar-refractivity contribution is 6.12. The van der Waals surface area contributed by atoms with Crippen molar-refractivity contribution in [1.82, 2.24) is 20.9 Å². The highest BCUT2D eigenvalue weighted by Gasteiger charge is 2.29. The zero-order chi connectivity index (χ0) is 28.8. The molecule has 1 heterocycles. The first-order valence-electron chi connectivity index (χ1n) is 13.0. The number of anilines is 1. The standard InChI is InChI=1S/C27H37N6O6/c1-18(2)24(32-21(34)13-7-4-8-17-33-22(35)14-15-23(33)36)26(38)31-20(12-9-16-29-27(28)39)25(37)30-19-10-5-3-6-11-19/h5-6,10-11,14-15,18,20,24H,4,7-9,12-13,16-17H2,1-2H3,(H,30,37)(H,31,38)(H,32,34)(H3,28,29,39)/t20-,24-/m0/s1. The van der Waals surface area contributed by atoms with Crippen LogP contribution in [0.2, 0.25) is 0 Å². The molecule has 0 aromatic heterocycles. The second-order valence-electron chi connectivity index (χ2n) is 9.53. The first-order chi connectivity index (χ1) is 18.6. The van der Waals surface area contributed by atoms with Crippen LogP contribution in [0.3, 0.4) is 0 Å². The summed E-state index contributed by atoms with van der Waals surface area (Å²) in [5.74, 6) is -2.16. The highest BCUT2D eigenvalue weighted by Crippen LogP contribution is 2.11. The summed E-state index contributed by atoms with van der Waals surface area (Å²) in [7, 11) is 0. The summed E-state index contributed by atoms with van der Waals surface area (Å²) < 4.78 is 0. The van der Waals surface area contributed by atoms with Gasteiger partial charge in [-0.15, -0.1) is 0 Å². The number of urea groups is 1. The van der Waals surface area contributed by atoms with Crippen molar-refractivity contribution in [3.8, 4) is 0 Å². The first-order valence-corrected chi connectivity index (χ1v) is 13.0. The summed E-state index contributed by atoms with van der Waals surface area (Å²) in [5.41, 5.74) is 5.63. The minimum absolute atomic E-state index is 0.171. The zero-order valence-electron chi connectivity index (χ0n) is 22.3. The molecule has 1 aromatic carbocycles. The zero-order valence-corrected chi connectivity index (χ0v) is 22.3. The maximum absolute atomic E-state index is 13.1. The lowest BCUT2D eigenvalue weighted by Crippen LogP contribution is -2.54. The number of imide groups is 1. The SMILES string of the molecule is CC(C)[C@H](NC(=O)CCCCCN1C(=O)C=CC1=O)C(=O)N[C@@H](CCCNC(N)=O)C(=O)Nc1cc[c]cc1. The molecule has 1 radical (unpaired) electrons. The van der Waals surface area contributed by atoms with Crippen LogP contribution in [0.5, 0.6) is 0 Å². The summed E-state index contributed by atoms with van der Waals surface area (Å²) in [6.07, 6.45) is 4.97. The third-order valence-corrected chi connectivity index (χ3v) is 6.04. The Balaban J connectivity index is 1.88. The van der Waals surface area contributed by atoms with Gasteiger partial charge in [-0.05, 0) is 49.8 Å². The maximum atomic E-state index is 13.1. The van der Waals surface area contributed by atoms with Gasteiger partial charge >= 0.3 is 6.03 Å². The molecule has 12 heteroatoms. The van der Waals surface area contributed by atoms with Gasteiger partial charge in [0.25, 0.3) is 11.8 Å². The fourth-order valence-electron chi connectivity index (χ4n) is 3.91. The van der Waals surface area contributed by atoms with Gasteiger partial charge in [-0.2, -0.15) is 0 Å². The maximum Gasteiger partial charge on any atom is 0.312 e. The molecule has 211 valence electrons. The van der Waals surface area contributed by atoms with E-state index in [1.54, 1.807) is 38.1 Å². The van der Waals surface area contributed by atoms with Crippen LogP contribution in [-0.4, -0.2) is 65.6 Å². The number of carbonyl (C=O) groups is 6. The van der Waals surface area contributed by atoms with Crippen LogP contribution in [-0.2, 0) is 24.0 Å². The number of nitrogens with two attached hydrogens (primary N) is 1. The van der Waals surface area contributed by atoms with Crippen LogP contribution in [0.25, 0.3) is 0 Å². The molecule has 0 fully saturated rings. The number of unbranched alkanes of at least 4 members (excludes halogenated alkanes) is 2. The Labute approximate surface area is 228 Å². The highest BCUT2D eigenvalue weighted by atomic mass is 16.2. The number of nitrogens with zero attached hydrogens (tertiary/aromatic N) is 1. The summed E-state index contributed by atoms with van der Waals surface area (Å²) in [4.78, 5) is 73.9. The molecule has 7 amide bonds. The van der Waals surface area contributed by atoms with E-state index < -0.39 is 29.9 Å². The number of rotatable bonds is 16. The number of carbonyl (C=O) groups excluding carboxylic acids is 6. The molecule has 12 nitrogen and oxygen atoms in total. The Bertz CT molecular complexity index is 1040. The lowest BCUT2D eigenvalue weighted by atomic mass is 10.0.